The van der Waals surface area contributed by atoms with Crippen LogP contribution in [0.25, 0.3) is 33.2 Å². The number of carbonyl (C=O) groups is 6. The summed E-state index contributed by atoms with van der Waals surface area (Å²) in [7, 11) is 5.67. The number of anilines is 1. The minimum Gasteiger partial charge on any atom is -0.480 e. The topological polar surface area (TPSA) is 304 Å². The van der Waals surface area contributed by atoms with Crippen LogP contribution >= 0.6 is 33.2 Å². The normalized spacial score (nSPS) is 14.0. The molecule has 1 unspecified atom stereocenters. The van der Waals surface area contributed by atoms with E-state index in [2.05, 4.69) is 46.5 Å². The van der Waals surface area contributed by atoms with E-state index >= 15 is 0 Å². The maximum Gasteiger partial charge on any atom is 0.407 e. The zero-order valence-corrected chi connectivity index (χ0v) is 44.2. The smallest absolute Gasteiger partial charge is 0.407 e. The van der Waals surface area contributed by atoms with Crippen LogP contribution in [-0.4, -0.2) is 150 Å². The summed E-state index contributed by atoms with van der Waals surface area (Å²) in [5, 5.41) is 23.0. The van der Waals surface area contributed by atoms with Crippen LogP contribution in [0.1, 0.15) is 41.0 Å². The first-order chi connectivity index (χ1) is 37.1. The fourth-order valence-electron chi connectivity index (χ4n) is 7.47. The van der Waals surface area contributed by atoms with Gasteiger partial charge < -0.3 is 56.2 Å². The second kappa shape index (κ2) is 29.2. The molecule has 1 fully saturated rings. The van der Waals surface area contributed by atoms with Crippen molar-refractivity contribution in [1.82, 2.24) is 51.4 Å². The lowest BCUT2D eigenvalue weighted by atomic mass is 9.98. The van der Waals surface area contributed by atoms with Crippen molar-refractivity contribution in [1.29, 1.82) is 5.26 Å². The van der Waals surface area contributed by atoms with E-state index in [1.54, 1.807) is 36.8 Å². The Morgan fingerprint density at radius 2 is 1.65 bits per heavy atom. The molecule has 1 aliphatic heterocycles. The molecule has 5 aromatic rings. The maximum absolute atomic E-state index is 13.8. The highest BCUT2D eigenvalue weighted by molar-refractivity contribution is 8.76. The van der Waals surface area contributed by atoms with E-state index in [9.17, 15) is 42.8 Å². The van der Waals surface area contributed by atoms with Crippen LogP contribution in [0.15, 0.2) is 73.3 Å². The molecule has 408 valence electrons. The van der Waals surface area contributed by atoms with E-state index in [4.69, 9.17) is 36.3 Å². The molecule has 2 atom stereocenters. The number of hydrogen-bond donors (Lipinski definition) is 6. The molecule has 4 aromatic heterocycles. The number of aromatic nitrogens is 4. The van der Waals surface area contributed by atoms with Gasteiger partial charge >= 0.3 is 6.09 Å². The van der Waals surface area contributed by atoms with Gasteiger partial charge in [-0.05, 0) is 47.5 Å². The van der Waals surface area contributed by atoms with Gasteiger partial charge in [0.2, 0.25) is 29.5 Å². The van der Waals surface area contributed by atoms with Crippen LogP contribution in [0, 0.1) is 11.3 Å². The molecule has 6 amide bonds. The second-order valence-electron chi connectivity index (χ2n) is 16.9. The van der Waals surface area contributed by atoms with Crippen molar-refractivity contribution in [2.75, 3.05) is 77.5 Å². The van der Waals surface area contributed by atoms with Gasteiger partial charge in [0.25, 0.3) is 11.8 Å². The Hall–Kier alpha value is -7.44. The predicted molar refractivity (Wildman–Crippen MR) is 283 cm³/mol. The van der Waals surface area contributed by atoms with E-state index in [1.807, 2.05) is 30.3 Å². The van der Waals surface area contributed by atoms with Gasteiger partial charge in [-0.15, -0.1) is 0 Å². The molecule has 5 heterocycles. The number of halogens is 3. The van der Waals surface area contributed by atoms with E-state index in [-0.39, 0.29) is 67.7 Å². The van der Waals surface area contributed by atoms with Gasteiger partial charge in [0.1, 0.15) is 18.7 Å². The minimum absolute atomic E-state index is 0.0774. The van der Waals surface area contributed by atoms with Gasteiger partial charge in [-0.25, -0.2) is 18.6 Å². The zero-order valence-electron chi connectivity index (χ0n) is 41.8. The molecule has 22 nitrogen and oxygen atoms in total. The number of amides is 6. The Bertz CT molecular complexity index is 2940. The lowest BCUT2D eigenvalue weighted by Crippen LogP contribution is -2.49. The largest absolute Gasteiger partial charge is 0.480 e. The first-order valence-electron chi connectivity index (χ1n) is 23.8. The minimum atomic E-state index is -3.22. The first kappa shape index (κ1) is 58.8. The van der Waals surface area contributed by atoms with E-state index in [0.717, 1.165) is 39.4 Å². The summed E-state index contributed by atoms with van der Waals surface area (Å²) < 4.78 is 48.6. The second-order valence-corrected chi connectivity index (χ2v) is 20.0. The van der Waals surface area contributed by atoms with Gasteiger partial charge in [0, 0.05) is 92.3 Å². The van der Waals surface area contributed by atoms with Crippen molar-refractivity contribution in [2.24, 2.45) is 0 Å². The molecular weight excluding hydrogens is 1070 g/mol. The quantitative estimate of drug-likeness (QED) is 0.0312. The maximum atomic E-state index is 13.8. The number of nitriles is 1. The molecule has 77 heavy (non-hydrogen) atoms. The molecule has 6 rings (SSSR count). The number of nitrogen functional groups attached to an aromatic ring is 1. The van der Waals surface area contributed by atoms with Gasteiger partial charge in [0.05, 0.1) is 85.8 Å². The van der Waals surface area contributed by atoms with Gasteiger partial charge in [-0.1, -0.05) is 45.3 Å². The van der Waals surface area contributed by atoms with Crippen LogP contribution < -0.4 is 37.1 Å². The van der Waals surface area contributed by atoms with Crippen LogP contribution in [-0.2, 0) is 46.5 Å². The molecule has 1 saturated heterocycles. The van der Waals surface area contributed by atoms with Gasteiger partial charge in [0.15, 0.2) is 0 Å². The van der Waals surface area contributed by atoms with Crippen LogP contribution in [0.3, 0.4) is 0 Å². The molecule has 0 aliphatic carbocycles. The highest BCUT2D eigenvalue weighted by Gasteiger charge is 2.47. The summed E-state index contributed by atoms with van der Waals surface area (Å²) in [6, 6.07) is 13.8. The Balaban J connectivity index is 0.912. The third-order valence-corrected chi connectivity index (χ3v) is 14.1. The van der Waals surface area contributed by atoms with Crippen molar-refractivity contribution in [2.45, 2.75) is 50.4 Å². The Morgan fingerprint density at radius 1 is 0.870 bits per heavy atom. The summed E-state index contributed by atoms with van der Waals surface area (Å²) in [5.74, 6) is -5.62. The van der Waals surface area contributed by atoms with E-state index in [0.29, 0.717) is 41.1 Å². The number of alkyl halides is 2. The number of hydrogen-bond acceptors (Lipinski definition) is 18. The Labute approximate surface area is 454 Å². The Kier molecular flexibility index (Phi) is 22.3. The van der Waals surface area contributed by atoms with Crippen molar-refractivity contribution < 1.29 is 56.5 Å². The number of ether oxygens (including phenoxy) is 4. The fraction of sp³-hybridized carbons (Fsp3) is 0.380. The molecule has 1 aliphatic rings. The number of nitrogens with one attached hydrogen (secondary N) is 5. The summed E-state index contributed by atoms with van der Waals surface area (Å²) in [5.41, 5.74) is 11.4. The summed E-state index contributed by atoms with van der Waals surface area (Å²) in [6.45, 7) is -0.579. The monoisotopic (exact) mass is 1120 g/mol. The highest BCUT2D eigenvalue weighted by Crippen LogP contribution is 2.34. The number of benzene rings is 1. The SMILES string of the molecule is COCCOCCNC(=O)C(CSSCCNC(=O)OCc1ccc(-c2ccnc3ccc(-c4cnc(OC)c(N)c4)cc23)cn1)NC(=O)CCC(=O)NCc1cc(C(=O)NCC(=O)N2CC(F)(F)C[C@H]2C#N)c(Cl)cn1. The molecule has 0 bridgehead atoms. The lowest BCUT2D eigenvalue weighted by Gasteiger charge is -2.19. The number of likely N-dealkylation sites (tertiary alicyclic amines) is 1. The molecular formula is C50H55ClF2N12O10S2. The van der Waals surface area contributed by atoms with Gasteiger partial charge in [-0.3, -0.25) is 38.9 Å². The number of nitrogens with zero attached hydrogens (tertiary/aromatic N) is 6. The molecule has 7 N–H and O–H groups in total. The van der Waals surface area contributed by atoms with Gasteiger partial charge in [-0.2, -0.15) is 5.26 Å². The average Bonchev–Trinajstić information content (AvgIpc) is 3.78. The number of alkyl carbamates (subject to hydrolysis) is 1. The highest BCUT2D eigenvalue weighted by atomic mass is 35.5. The number of fused-ring (bicyclic) bond motifs is 1. The number of methoxy groups -OCH3 is 2. The van der Waals surface area contributed by atoms with Crippen molar-refractivity contribution >= 4 is 85.4 Å². The van der Waals surface area contributed by atoms with Crippen molar-refractivity contribution in [3.8, 4) is 34.2 Å². The van der Waals surface area contributed by atoms with E-state index < -0.39 is 73.1 Å². The first-order valence-corrected chi connectivity index (χ1v) is 26.6. The number of pyridine rings is 4. The number of rotatable bonds is 27. The van der Waals surface area contributed by atoms with Crippen LogP contribution in [0.2, 0.25) is 5.02 Å². The molecule has 0 saturated carbocycles. The Morgan fingerprint density at radius 3 is 2.40 bits per heavy atom. The predicted octanol–water partition coefficient (Wildman–Crippen LogP) is 4.46. The third-order valence-electron chi connectivity index (χ3n) is 11.4. The molecule has 27 heteroatoms. The van der Waals surface area contributed by atoms with E-state index in [1.165, 1.54) is 41.9 Å². The third kappa shape index (κ3) is 17.8. The molecule has 1 aromatic carbocycles. The average molecular weight is 1120 g/mol. The summed E-state index contributed by atoms with van der Waals surface area (Å²) >= 11 is 6.16. The fourth-order valence-corrected chi connectivity index (χ4v) is 9.73. The standard InChI is InChI=1S/C50H55ClF2N12O10S2/c1-72-14-15-74-13-11-57-47(70)42(64-44(67)8-7-43(66)61-24-34-19-38(39(51)25-60-34)46(69)62-26-45(68)65-29-50(52,53)20-35(65)21-54)28-77-76-16-12-58-49(71)75-27-33-5-3-31(22-59-33)36-9-10-56-41-6-4-30(17-37(36)41)32-18-40(55)48(73-2)63-23-32/h3-6,9-10,17-19,22-23,25,35,42H,7-8,11-16,20,24,26-29,55H2,1-2H3,(H,57,70)(H,58,71)(H,61,66)(H,62,69)(H,64,67)/t35-,42?/m0/s1. The number of nitrogens with two attached hydrogens (primary N) is 1. The molecule has 0 radical (unpaired) electrons. The zero-order chi connectivity index (χ0) is 55.3. The summed E-state index contributed by atoms with van der Waals surface area (Å²) in [6.07, 6.45) is 4.26. The molecule has 0 spiro atoms. The van der Waals surface area contributed by atoms with Crippen LogP contribution in [0.4, 0.5) is 19.3 Å². The summed E-state index contributed by atoms with van der Waals surface area (Å²) in [4.78, 5) is 95.1. The van der Waals surface area contributed by atoms with Crippen LogP contribution in [0.5, 0.6) is 5.88 Å². The lowest BCUT2D eigenvalue weighted by molar-refractivity contribution is -0.131. The number of carbonyl (C=O) groups excluding carboxylic acids is 6. The van der Waals surface area contributed by atoms with Crippen molar-refractivity contribution in [3.05, 3.63) is 95.3 Å². The van der Waals surface area contributed by atoms with Crippen molar-refractivity contribution in [3.63, 3.8) is 0 Å².